The van der Waals surface area contributed by atoms with Crippen LogP contribution in [0.5, 0.6) is 17.2 Å². The van der Waals surface area contributed by atoms with Gasteiger partial charge in [-0.05, 0) is 54.1 Å². The van der Waals surface area contributed by atoms with Gasteiger partial charge in [0, 0.05) is 5.56 Å². The predicted molar refractivity (Wildman–Crippen MR) is 136 cm³/mol. The van der Waals surface area contributed by atoms with Crippen LogP contribution in [-0.2, 0) is 6.54 Å². The number of hydrogen-bond acceptors (Lipinski definition) is 5. The molecule has 1 amide bonds. The molecule has 1 heterocycles. The molecule has 5 aromatic rings. The fourth-order valence-corrected chi connectivity index (χ4v) is 4.59. The molecule has 0 N–H and O–H groups in total. The van der Waals surface area contributed by atoms with Gasteiger partial charge < -0.3 is 9.47 Å². The summed E-state index contributed by atoms with van der Waals surface area (Å²) in [5.41, 5.74) is 2.37. The molecule has 0 saturated carbocycles. The highest BCUT2D eigenvalue weighted by Gasteiger charge is 2.22. The second-order valence-corrected chi connectivity index (χ2v) is 8.66. The van der Waals surface area contributed by atoms with Crippen molar-refractivity contribution in [1.82, 2.24) is 4.98 Å². The molecular weight excluding hydrogens is 444 g/mol. The highest BCUT2D eigenvalue weighted by atomic mass is 32.1. The van der Waals surface area contributed by atoms with Crippen LogP contribution in [0, 0.1) is 0 Å². The molecule has 0 aliphatic carbocycles. The number of carbonyl (C=O) groups is 1. The standard InChI is InChI=1S/C28H22N2O3S/c1-32-23-15-16-25-26(18-23)34-28(29-25)30(19-20-9-4-2-5-10-20)27(31)21-11-8-14-24(17-21)33-22-12-6-3-7-13-22/h2-18H,19H2,1H3. The summed E-state index contributed by atoms with van der Waals surface area (Å²) in [6.07, 6.45) is 0. The fraction of sp³-hybridized carbons (Fsp3) is 0.0714. The van der Waals surface area contributed by atoms with Gasteiger partial charge in [0.1, 0.15) is 17.2 Å². The van der Waals surface area contributed by atoms with Crippen molar-refractivity contribution in [2.75, 3.05) is 12.0 Å². The number of methoxy groups -OCH3 is 1. The van der Waals surface area contributed by atoms with Crippen molar-refractivity contribution in [1.29, 1.82) is 0 Å². The lowest BCUT2D eigenvalue weighted by Crippen LogP contribution is -2.30. The van der Waals surface area contributed by atoms with Crippen molar-refractivity contribution < 1.29 is 14.3 Å². The SMILES string of the molecule is COc1ccc2nc(N(Cc3ccccc3)C(=O)c3cccc(Oc4ccccc4)c3)sc2c1. The van der Waals surface area contributed by atoms with Gasteiger partial charge in [-0.2, -0.15) is 0 Å². The highest BCUT2D eigenvalue weighted by Crippen LogP contribution is 2.33. The lowest BCUT2D eigenvalue weighted by atomic mass is 10.1. The largest absolute Gasteiger partial charge is 0.497 e. The maximum absolute atomic E-state index is 13.8. The predicted octanol–water partition coefficient (Wildman–Crippen LogP) is 6.94. The molecule has 34 heavy (non-hydrogen) atoms. The van der Waals surface area contributed by atoms with Crippen LogP contribution in [0.1, 0.15) is 15.9 Å². The maximum atomic E-state index is 13.8. The second kappa shape index (κ2) is 9.77. The van der Waals surface area contributed by atoms with Gasteiger partial charge in [-0.25, -0.2) is 4.98 Å². The van der Waals surface area contributed by atoms with E-state index in [9.17, 15) is 4.79 Å². The van der Waals surface area contributed by atoms with E-state index in [0.717, 1.165) is 21.5 Å². The van der Waals surface area contributed by atoms with Crippen LogP contribution in [0.25, 0.3) is 10.2 Å². The Bertz CT molecular complexity index is 1420. The first-order chi connectivity index (χ1) is 16.7. The zero-order valence-electron chi connectivity index (χ0n) is 18.5. The molecule has 0 bridgehead atoms. The quantitative estimate of drug-likeness (QED) is 0.261. The third kappa shape index (κ3) is 4.77. The first-order valence-electron chi connectivity index (χ1n) is 10.8. The zero-order valence-corrected chi connectivity index (χ0v) is 19.4. The molecular formula is C28H22N2O3S. The molecule has 1 aromatic heterocycles. The minimum atomic E-state index is -0.145. The molecule has 4 aromatic carbocycles. The van der Waals surface area contributed by atoms with Crippen LogP contribution < -0.4 is 14.4 Å². The molecule has 0 aliphatic rings. The van der Waals surface area contributed by atoms with Gasteiger partial charge in [-0.15, -0.1) is 0 Å². The van der Waals surface area contributed by atoms with Crippen molar-refractivity contribution in [2.45, 2.75) is 6.54 Å². The Morgan fingerprint density at radius 2 is 1.56 bits per heavy atom. The van der Waals surface area contributed by atoms with E-state index in [0.29, 0.717) is 28.7 Å². The maximum Gasteiger partial charge on any atom is 0.260 e. The summed E-state index contributed by atoms with van der Waals surface area (Å²) in [7, 11) is 1.64. The number of fused-ring (bicyclic) bond motifs is 1. The van der Waals surface area contributed by atoms with Crippen molar-refractivity contribution >= 4 is 32.6 Å². The number of aromatic nitrogens is 1. The lowest BCUT2D eigenvalue weighted by Gasteiger charge is -2.20. The number of benzene rings is 4. The summed E-state index contributed by atoms with van der Waals surface area (Å²) in [6, 6.07) is 32.4. The number of nitrogens with zero attached hydrogens (tertiary/aromatic N) is 2. The Balaban J connectivity index is 1.50. The minimum absolute atomic E-state index is 0.145. The van der Waals surface area contributed by atoms with Crippen molar-refractivity contribution in [2.24, 2.45) is 0 Å². The van der Waals surface area contributed by atoms with Crippen LogP contribution in [0.2, 0.25) is 0 Å². The van der Waals surface area contributed by atoms with Gasteiger partial charge in [0.25, 0.3) is 5.91 Å². The summed E-state index contributed by atoms with van der Waals surface area (Å²) in [4.78, 5) is 20.2. The number of thiazole rings is 1. The van der Waals surface area contributed by atoms with Crippen LogP contribution in [0.3, 0.4) is 0 Å². The lowest BCUT2D eigenvalue weighted by molar-refractivity contribution is 0.0985. The summed E-state index contributed by atoms with van der Waals surface area (Å²) >= 11 is 1.47. The van der Waals surface area contributed by atoms with Gasteiger partial charge in [-0.3, -0.25) is 9.69 Å². The third-order valence-corrected chi connectivity index (χ3v) is 6.34. The van der Waals surface area contributed by atoms with Crippen molar-refractivity contribution in [3.8, 4) is 17.2 Å². The molecule has 0 radical (unpaired) electrons. The molecule has 5 nitrogen and oxygen atoms in total. The molecule has 0 aliphatic heterocycles. The van der Waals surface area contributed by atoms with Gasteiger partial charge in [-0.1, -0.05) is 65.9 Å². The molecule has 0 saturated heterocycles. The number of anilines is 1. The summed E-state index contributed by atoms with van der Waals surface area (Å²) in [6.45, 7) is 0.403. The van der Waals surface area contributed by atoms with Gasteiger partial charge in [0.2, 0.25) is 0 Å². The monoisotopic (exact) mass is 466 g/mol. The fourth-order valence-electron chi connectivity index (χ4n) is 3.60. The molecule has 168 valence electrons. The number of para-hydroxylation sites is 1. The van der Waals surface area contributed by atoms with E-state index in [1.54, 1.807) is 24.1 Å². The van der Waals surface area contributed by atoms with Gasteiger partial charge in [0.05, 0.1) is 23.9 Å². The minimum Gasteiger partial charge on any atom is -0.497 e. The first-order valence-corrected chi connectivity index (χ1v) is 11.6. The van der Waals surface area contributed by atoms with E-state index in [1.165, 1.54) is 11.3 Å². The third-order valence-electron chi connectivity index (χ3n) is 5.30. The van der Waals surface area contributed by atoms with Gasteiger partial charge >= 0.3 is 0 Å². The number of rotatable bonds is 7. The molecule has 0 spiro atoms. The molecule has 0 fully saturated rings. The number of amides is 1. The normalized spacial score (nSPS) is 10.7. The number of ether oxygens (including phenoxy) is 2. The van der Waals surface area contributed by atoms with Crippen LogP contribution >= 0.6 is 11.3 Å². The Kier molecular flexibility index (Phi) is 6.23. The van der Waals surface area contributed by atoms with Crippen LogP contribution in [0.4, 0.5) is 5.13 Å². The van der Waals surface area contributed by atoms with E-state index in [4.69, 9.17) is 14.5 Å². The second-order valence-electron chi connectivity index (χ2n) is 7.65. The number of carbonyl (C=O) groups excluding carboxylic acids is 1. The zero-order chi connectivity index (χ0) is 23.3. The Morgan fingerprint density at radius 1 is 0.824 bits per heavy atom. The average Bonchev–Trinajstić information content (AvgIpc) is 3.31. The summed E-state index contributed by atoms with van der Waals surface area (Å²) in [5.74, 6) is 1.93. The average molecular weight is 467 g/mol. The highest BCUT2D eigenvalue weighted by molar-refractivity contribution is 7.22. The van der Waals surface area contributed by atoms with Crippen LogP contribution in [-0.4, -0.2) is 18.0 Å². The molecule has 0 unspecified atom stereocenters. The Morgan fingerprint density at radius 3 is 2.32 bits per heavy atom. The Labute approximate surface area is 201 Å². The van der Waals surface area contributed by atoms with Crippen molar-refractivity contribution in [3.05, 3.63) is 114 Å². The number of hydrogen-bond donors (Lipinski definition) is 0. The van der Waals surface area contributed by atoms with E-state index in [-0.39, 0.29) is 5.91 Å². The van der Waals surface area contributed by atoms with Crippen molar-refractivity contribution in [3.63, 3.8) is 0 Å². The van der Waals surface area contributed by atoms with E-state index >= 15 is 0 Å². The Hall–Kier alpha value is -4.16. The molecule has 6 heteroatoms. The van der Waals surface area contributed by atoms with Gasteiger partial charge in [0.15, 0.2) is 5.13 Å². The molecule has 5 rings (SSSR count). The molecule has 0 atom stereocenters. The summed E-state index contributed by atoms with van der Waals surface area (Å²) < 4.78 is 12.3. The van der Waals surface area contributed by atoms with Crippen LogP contribution in [0.15, 0.2) is 103 Å². The van der Waals surface area contributed by atoms with E-state index < -0.39 is 0 Å². The first kappa shape index (κ1) is 21.7. The van der Waals surface area contributed by atoms with E-state index in [1.807, 2.05) is 91.0 Å². The van der Waals surface area contributed by atoms with E-state index in [2.05, 4.69) is 0 Å². The smallest absolute Gasteiger partial charge is 0.260 e. The topological polar surface area (TPSA) is 51.7 Å². The summed E-state index contributed by atoms with van der Waals surface area (Å²) in [5, 5.41) is 0.631.